The first-order valence-corrected chi connectivity index (χ1v) is 7.91. The maximum absolute atomic E-state index is 3.91. The first-order chi connectivity index (χ1) is 11.4. The van der Waals surface area contributed by atoms with Crippen LogP contribution in [0.3, 0.4) is 0 Å². The van der Waals surface area contributed by atoms with E-state index in [-0.39, 0.29) is 0 Å². The molecule has 0 aliphatic rings. The van der Waals surface area contributed by atoms with Crippen LogP contribution in [0.5, 0.6) is 0 Å². The van der Waals surface area contributed by atoms with E-state index < -0.39 is 0 Å². The van der Waals surface area contributed by atoms with Crippen molar-refractivity contribution in [2.75, 3.05) is 0 Å². The Morgan fingerprint density at radius 1 is 0.870 bits per heavy atom. The standard InChI is InChI=1S/C21H19N2/c1-2-13-23-20-11-7-6-10-18(20)19-12-14-22(16-21(19)23)15-17-8-4-3-5-9-17/h2-12,14,16H,1,13,15H2/q+1. The molecule has 0 saturated carbocycles. The molecule has 4 rings (SSSR count). The van der Waals surface area contributed by atoms with E-state index in [9.17, 15) is 0 Å². The molecule has 0 saturated heterocycles. The highest BCUT2D eigenvalue weighted by Crippen LogP contribution is 2.27. The predicted octanol–water partition coefficient (Wildman–Crippen LogP) is 4.32. The van der Waals surface area contributed by atoms with Crippen molar-refractivity contribution in [3.8, 4) is 0 Å². The molecule has 2 aromatic heterocycles. The molecule has 0 N–H and O–H groups in total. The van der Waals surface area contributed by atoms with Gasteiger partial charge in [-0.3, -0.25) is 0 Å². The topological polar surface area (TPSA) is 8.81 Å². The van der Waals surface area contributed by atoms with Crippen LogP contribution >= 0.6 is 0 Å². The molecule has 4 aromatic rings. The Morgan fingerprint density at radius 3 is 2.43 bits per heavy atom. The molecule has 2 aromatic carbocycles. The molecule has 2 heteroatoms. The molecule has 0 spiro atoms. The van der Waals surface area contributed by atoms with Crippen LogP contribution in [-0.2, 0) is 13.1 Å². The Hall–Kier alpha value is -2.87. The lowest BCUT2D eigenvalue weighted by molar-refractivity contribution is -0.687. The van der Waals surface area contributed by atoms with Gasteiger partial charge >= 0.3 is 0 Å². The minimum absolute atomic E-state index is 0.819. The maximum Gasteiger partial charge on any atom is 0.193 e. The number of nitrogens with zero attached hydrogens (tertiary/aromatic N) is 2. The summed E-state index contributed by atoms with van der Waals surface area (Å²) in [5.41, 5.74) is 3.83. The van der Waals surface area contributed by atoms with Gasteiger partial charge in [-0.15, -0.1) is 6.58 Å². The van der Waals surface area contributed by atoms with Gasteiger partial charge in [0.05, 0.1) is 0 Å². The van der Waals surface area contributed by atoms with Gasteiger partial charge in [-0.1, -0.05) is 54.6 Å². The lowest BCUT2D eigenvalue weighted by atomic mass is 10.2. The van der Waals surface area contributed by atoms with Gasteiger partial charge in [-0.05, 0) is 6.07 Å². The van der Waals surface area contributed by atoms with Crippen LogP contribution in [0.2, 0.25) is 0 Å². The highest BCUT2D eigenvalue weighted by molar-refractivity contribution is 6.07. The van der Waals surface area contributed by atoms with E-state index in [1.54, 1.807) is 0 Å². The molecular weight excluding hydrogens is 280 g/mol. The summed E-state index contributed by atoms with van der Waals surface area (Å²) in [5.74, 6) is 0. The first-order valence-electron chi connectivity index (χ1n) is 7.91. The van der Waals surface area contributed by atoms with E-state index in [0.717, 1.165) is 13.1 Å². The van der Waals surface area contributed by atoms with Gasteiger partial charge < -0.3 is 4.57 Å². The zero-order valence-corrected chi connectivity index (χ0v) is 13.0. The van der Waals surface area contributed by atoms with E-state index in [4.69, 9.17) is 0 Å². The lowest BCUT2D eigenvalue weighted by Crippen LogP contribution is -2.33. The molecular formula is C21H19N2+. The van der Waals surface area contributed by atoms with Gasteiger partial charge in [0.1, 0.15) is 5.52 Å². The zero-order valence-electron chi connectivity index (χ0n) is 13.0. The van der Waals surface area contributed by atoms with E-state index in [2.05, 4.69) is 88.8 Å². The molecule has 112 valence electrons. The van der Waals surface area contributed by atoms with Crippen molar-refractivity contribution < 1.29 is 4.57 Å². The average molecular weight is 299 g/mol. The van der Waals surface area contributed by atoms with Crippen LogP contribution in [0.25, 0.3) is 21.8 Å². The molecule has 0 fully saturated rings. The number of allylic oxidation sites excluding steroid dienone is 1. The van der Waals surface area contributed by atoms with Crippen molar-refractivity contribution in [3.63, 3.8) is 0 Å². The molecule has 0 amide bonds. The Balaban J connectivity index is 1.88. The zero-order chi connectivity index (χ0) is 15.6. The van der Waals surface area contributed by atoms with Gasteiger partial charge in [0.25, 0.3) is 0 Å². The van der Waals surface area contributed by atoms with E-state index in [1.165, 1.54) is 27.4 Å². The molecule has 0 aliphatic carbocycles. The predicted molar refractivity (Wildman–Crippen MR) is 95.4 cm³/mol. The molecule has 0 bridgehead atoms. The summed E-state index contributed by atoms with van der Waals surface area (Å²) in [6.45, 7) is 5.61. The summed E-state index contributed by atoms with van der Waals surface area (Å²) in [7, 11) is 0. The fourth-order valence-corrected chi connectivity index (χ4v) is 3.25. The largest absolute Gasteiger partial charge is 0.332 e. The maximum atomic E-state index is 3.91. The molecule has 0 atom stereocenters. The average Bonchev–Trinajstić information content (AvgIpc) is 2.90. The van der Waals surface area contributed by atoms with Crippen molar-refractivity contribution in [2.45, 2.75) is 13.1 Å². The fourth-order valence-electron chi connectivity index (χ4n) is 3.25. The van der Waals surface area contributed by atoms with Crippen LogP contribution < -0.4 is 4.57 Å². The SMILES string of the molecule is C=CCn1c2ccccc2c2cc[n+](Cc3ccccc3)cc21. The van der Waals surface area contributed by atoms with Crippen molar-refractivity contribution in [1.82, 2.24) is 4.57 Å². The minimum Gasteiger partial charge on any atom is -0.332 e. The van der Waals surface area contributed by atoms with Crippen LogP contribution in [-0.4, -0.2) is 4.57 Å². The summed E-state index contributed by atoms with van der Waals surface area (Å²) >= 11 is 0. The summed E-state index contributed by atoms with van der Waals surface area (Å²) < 4.78 is 4.58. The molecule has 23 heavy (non-hydrogen) atoms. The highest BCUT2D eigenvalue weighted by atomic mass is 15.0. The number of rotatable bonds is 4. The first kappa shape index (κ1) is 13.8. The molecule has 2 nitrogen and oxygen atoms in total. The Kier molecular flexibility index (Phi) is 3.43. The van der Waals surface area contributed by atoms with Gasteiger partial charge in [0, 0.05) is 34.5 Å². The van der Waals surface area contributed by atoms with Gasteiger partial charge in [0.15, 0.2) is 18.9 Å². The minimum atomic E-state index is 0.819. The van der Waals surface area contributed by atoms with Gasteiger partial charge in [0.2, 0.25) is 0 Å². The normalized spacial score (nSPS) is 11.1. The Labute approximate surface area is 135 Å². The summed E-state index contributed by atoms with van der Waals surface area (Å²) in [4.78, 5) is 0. The van der Waals surface area contributed by atoms with E-state index in [1.807, 2.05) is 6.08 Å². The van der Waals surface area contributed by atoms with Crippen molar-refractivity contribution in [2.24, 2.45) is 0 Å². The third-order valence-electron chi connectivity index (χ3n) is 4.29. The number of benzene rings is 2. The second-order valence-electron chi connectivity index (χ2n) is 5.82. The van der Waals surface area contributed by atoms with Crippen LogP contribution in [0, 0.1) is 0 Å². The molecule has 0 unspecified atom stereocenters. The third-order valence-corrected chi connectivity index (χ3v) is 4.29. The summed E-state index contributed by atoms with van der Waals surface area (Å²) in [5, 5.41) is 2.60. The monoisotopic (exact) mass is 299 g/mol. The fraction of sp³-hybridized carbons (Fsp3) is 0.0952. The number of para-hydroxylation sites is 1. The quantitative estimate of drug-likeness (QED) is 0.392. The van der Waals surface area contributed by atoms with Crippen molar-refractivity contribution in [1.29, 1.82) is 0 Å². The second-order valence-corrected chi connectivity index (χ2v) is 5.82. The van der Waals surface area contributed by atoms with Crippen LogP contribution in [0.4, 0.5) is 0 Å². The third kappa shape index (κ3) is 2.42. The van der Waals surface area contributed by atoms with Gasteiger partial charge in [-0.2, -0.15) is 4.57 Å². The number of hydrogen-bond acceptors (Lipinski definition) is 0. The smallest absolute Gasteiger partial charge is 0.193 e. The van der Waals surface area contributed by atoms with Crippen LogP contribution in [0.1, 0.15) is 5.56 Å². The number of hydrogen-bond donors (Lipinski definition) is 0. The Bertz CT molecular complexity index is 981. The summed E-state index contributed by atoms with van der Waals surface area (Å²) in [6.07, 6.45) is 6.37. The highest BCUT2D eigenvalue weighted by Gasteiger charge is 2.13. The molecule has 0 aliphatic heterocycles. The van der Waals surface area contributed by atoms with E-state index >= 15 is 0 Å². The molecule has 0 radical (unpaired) electrons. The van der Waals surface area contributed by atoms with Gasteiger partial charge in [-0.25, -0.2) is 0 Å². The lowest BCUT2D eigenvalue weighted by Gasteiger charge is -2.03. The van der Waals surface area contributed by atoms with Crippen molar-refractivity contribution >= 4 is 21.8 Å². The molecule has 2 heterocycles. The second kappa shape index (κ2) is 5.73. The Morgan fingerprint density at radius 2 is 1.61 bits per heavy atom. The summed E-state index contributed by atoms with van der Waals surface area (Å²) in [6, 6.07) is 21.3. The van der Waals surface area contributed by atoms with Crippen molar-refractivity contribution in [3.05, 3.63) is 91.3 Å². The number of pyridine rings is 1. The van der Waals surface area contributed by atoms with Crippen LogP contribution in [0.15, 0.2) is 85.7 Å². The number of fused-ring (bicyclic) bond motifs is 3. The number of aromatic nitrogens is 2. The van der Waals surface area contributed by atoms with E-state index in [0.29, 0.717) is 0 Å².